The standard InChI is InChI=1S/C15H17F3N2O/c1-9-19-13-8-12(6-7-14(13)21-9)20-11-4-2-10(3-5-11)15(16,17)18/h6-8,10-11,20H,2-5H2,1H3. The minimum absolute atomic E-state index is 0.0917. The van der Waals surface area contributed by atoms with Gasteiger partial charge in [0.05, 0.1) is 5.92 Å². The molecule has 0 atom stereocenters. The first kappa shape index (κ1) is 14.2. The third kappa shape index (κ3) is 3.14. The van der Waals surface area contributed by atoms with Gasteiger partial charge in [0.15, 0.2) is 11.5 Å². The van der Waals surface area contributed by atoms with Gasteiger partial charge in [-0.3, -0.25) is 0 Å². The monoisotopic (exact) mass is 298 g/mol. The fourth-order valence-corrected chi connectivity index (χ4v) is 2.93. The molecule has 1 N–H and O–H groups in total. The number of benzene rings is 1. The van der Waals surface area contributed by atoms with E-state index in [1.165, 1.54) is 0 Å². The van der Waals surface area contributed by atoms with Crippen LogP contribution < -0.4 is 5.32 Å². The Balaban J connectivity index is 1.64. The minimum atomic E-state index is -4.05. The van der Waals surface area contributed by atoms with Crippen LogP contribution in [0.1, 0.15) is 31.6 Å². The summed E-state index contributed by atoms with van der Waals surface area (Å²) in [5, 5.41) is 3.31. The van der Waals surface area contributed by atoms with Gasteiger partial charge in [-0.25, -0.2) is 4.98 Å². The lowest BCUT2D eigenvalue weighted by Crippen LogP contribution is -2.32. The molecule has 2 aromatic rings. The van der Waals surface area contributed by atoms with Crippen molar-refractivity contribution in [2.75, 3.05) is 5.32 Å². The molecule has 1 aromatic heterocycles. The van der Waals surface area contributed by atoms with Crippen LogP contribution in [-0.2, 0) is 0 Å². The number of nitrogens with zero attached hydrogens (tertiary/aromatic N) is 1. The van der Waals surface area contributed by atoms with Crippen LogP contribution in [0.25, 0.3) is 11.1 Å². The molecule has 1 saturated carbocycles. The lowest BCUT2D eigenvalue weighted by atomic mass is 9.85. The van der Waals surface area contributed by atoms with E-state index < -0.39 is 12.1 Å². The molecule has 1 aliphatic carbocycles. The molecule has 0 bridgehead atoms. The number of halogens is 3. The number of aryl methyl sites for hydroxylation is 1. The molecule has 0 radical (unpaired) electrons. The van der Waals surface area contributed by atoms with E-state index in [0.717, 1.165) is 16.8 Å². The van der Waals surface area contributed by atoms with Crippen molar-refractivity contribution in [1.29, 1.82) is 0 Å². The molecule has 0 spiro atoms. The summed E-state index contributed by atoms with van der Waals surface area (Å²) in [7, 11) is 0. The molecule has 3 nitrogen and oxygen atoms in total. The molecule has 1 heterocycles. The van der Waals surface area contributed by atoms with Crippen molar-refractivity contribution in [2.24, 2.45) is 5.92 Å². The summed E-state index contributed by atoms with van der Waals surface area (Å²) in [6.45, 7) is 1.78. The van der Waals surface area contributed by atoms with Crippen LogP contribution in [-0.4, -0.2) is 17.2 Å². The highest BCUT2D eigenvalue weighted by Gasteiger charge is 2.41. The van der Waals surface area contributed by atoms with Crippen LogP contribution in [0.15, 0.2) is 22.6 Å². The molecular weight excluding hydrogens is 281 g/mol. The van der Waals surface area contributed by atoms with E-state index in [4.69, 9.17) is 4.42 Å². The molecule has 6 heteroatoms. The van der Waals surface area contributed by atoms with Crippen molar-refractivity contribution >= 4 is 16.8 Å². The van der Waals surface area contributed by atoms with Crippen LogP contribution >= 0.6 is 0 Å². The molecule has 0 saturated heterocycles. The maximum Gasteiger partial charge on any atom is 0.391 e. The molecule has 21 heavy (non-hydrogen) atoms. The van der Waals surface area contributed by atoms with Gasteiger partial charge in [-0.1, -0.05) is 0 Å². The highest BCUT2D eigenvalue weighted by Crippen LogP contribution is 2.38. The Morgan fingerprint density at radius 2 is 1.90 bits per heavy atom. The lowest BCUT2D eigenvalue weighted by molar-refractivity contribution is -0.182. The number of rotatable bonds is 2. The summed E-state index contributed by atoms with van der Waals surface area (Å²) < 4.78 is 43.3. The van der Waals surface area contributed by atoms with E-state index in [1.807, 2.05) is 18.2 Å². The second-order valence-electron chi connectivity index (χ2n) is 5.65. The normalized spacial score (nSPS) is 23.4. The van der Waals surface area contributed by atoms with E-state index in [9.17, 15) is 13.2 Å². The van der Waals surface area contributed by atoms with Crippen molar-refractivity contribution in [3.05, 3.63) is 24.1 Å². The van der Waals surface area contributed by atoms with Crippen molar-refractivity contribution in [2.45, 2.75) is 44.8 Å². The number of hydrogen-bond acceptors (Lipinski definition) is 3. The SMILES string of the molecule is Cc1nc2cc(NC3CCC(C(F)(F)F)CC3)ccc2o1. The quantitative estimate of drug-likeness (QED) is 0.875. The van der Waals surface area contributed by atoms with E-state index in [1.54, 1.807) is 6.92 Å². The molecule has 1 aliphatic rings. The Hall–Kier alpha value is -1.72. The third-order valence-corrected chi connectivity index (χ3v) is 4.06. The predicted octanol–water partition coefficient (Wildman–Crippen LogP) is 4.67. The average Bonchev–Trinajstić information content (AvgIpc) is 2.78. The maximum absolute atomic E-state index is 12.6. The van der Waals surface area contributed by atoms with Gasteiger partial charge in [0.1, 0.15) is 5.52 Å². The van der Waals surface area contributed by atoms with Gasteiger partial charge in [0.2, 0.25) is 0 Å². The van der Waals surface area contributed by atoms with Crippen LogP contribution in [0.2, 0.25) is 0 Å². The molecule has 0 unspecified atom stereocenters. The Labute approximate surface area is 120 Å². The largest absolute Gasteiger partial charge is 0.441 e. The number of alkyl halides is 3. The first-order valence-corrected chi connectivity index (χ1v) is 7.12. The van der Waals surface area contributed by atoms with E-state index in [-0.39, 0.29) is 18.9 Å². The zero-order chi connectivity index (χ0) is 15.0. The number of aromatic nitrogens is 1. The minimum Gasteiger partial charge on any atom is -0.441 e. The van der Waals surface area contributed by atoms with Crippen molar-refractivity contribution in [1.82, 2.24) is 4.98 Å². The van der Waals surface area contributed by atoms with Crippen molar-refractivity contribution < 1.29 is 17.6 Å². The van der Waals surface area contributed by atoms with Crippen molar-refractivity contribution in [3.8, 4) is 0 Å². The lowest BCUT2D eigenvalue weighted by Gasteiger charge is -2.30. The molecule has 1 aromatic carbocycles. The van der Waals surface area contributed by atoms with Crippen LogP contribution in [0, 0.1) is 12.8 Å². The second kappa shape index (κ2) is 5.24. The topological polar surface area (TPSA) is 38.1 Å². The summed E-state index contributed by atoms with van der Waals surface area (Å²) in [5.41, 5.74) is 2.37. The number of anilines is 1. The van der Waals surface area contributed by atoms with Crippen LogP contribution in [0.5, 0.6) is 0 Å². The van der Waals surface area contributed by atoms with Gasteiger partial charge in [-0.15, -0.1) is 0 Å². The van der Waals surface area contributed by atoms with Gasteiger partial charge < -0.3 is 9.73 Å². The summed E-state index contributed by atoms with van der Waals surface area (Å²) in [6.07, 6.45) is -2.57. The van der Waals surface area contributed by atoms with Gasteiger partial charge >= 0.3 is 6.18 Å². The van der Waals surface area contributed by atoms with Gasteiger partial charge in [-0.05, 0) is 43.9 Å². The molecule has 114 valence electrons. The fraction of sp³-hybridized carbons (Fsp3) is 0.533. The Morgan fingerprint density at radius 3 is 2.57 bits per heavy atom. The summed E-state index contributed by atoms with van der Waals surface area (Å²) in [4.78, 5) is 4.26. The first-order valence-electron chi connectivity index (χ1n) is 7.12. The number of hydrogen-bond donors (Lipinski definition) is 1. The first-order chi connectivity index (χ1) is 9.91. The second-order valence-corrected chi connectivity index (χ2v) is 5.65. The zero-order valence-corrected chi connectivity index (χ0v) is 11.7. The van der Waals surface area contributed by atoms with Gasteiger partial charge in [0, 0.05) is 18.7 Å². The van der Waals surface area contributed by atoms with E-state index in [0.29, 0.717) is 18.7 Å². The summed E-state index contributed by atoms with van der Waals surface area (Å²) in [5.74, 6) is -0.538. The Bertz CT molecular complexity index is 627. The van der Waals surface area contributed by atoms with Crippen molar-refractivity contribution in [3.63, 3.8) is 0 Å². The highest BCUT2D eigenvalue weighted by atomic mass is 19.4. The highest BCUT2D eigenvalue weighted by molar-refractivity contribution is 5.77. The maximum atomic E-state index is 12.6. The molecule has 0 aliphatic heterocycles. The van der Waals surface area contributed by atoms with Crippen LogP contribution in [0.4, 0.5) is 18.9 Å². The molecule has 1 fully saturated rings. The number of fused-ring (bicyclic) bond motifs is 1. The van der Waals surface area contributed by atoms with E-state index in [2.05, 4.69) is 10.3 Å². The number of oxazole rings is 1. The van der Waals surface area contributed by atoms with Crippen LogP contribution in [0.3, 0.4) is 0 Å². The van der Waals surface area contributed by atoms with Gasteiger partial charge in [0.25, 0.3) is 0 Å². The Kier molecular flexibility index (Phi) is 3.55. The third-order valence-electron chi connectivity index (χ3n) is 4.06. The van der Waals surface area contributed by atoms with Gasteiger partial charge in [-0.2, -0.15) is 13.2 Å². The zero-order valence-electron chi connectivity index (χ0n) is 11.7. The van der Waals surface area contributed by atoms with E-state index >= 15 is 0 Å². The summed E-state index contributed by atoms with van der Waals surface area (Å²) in [6, 6.07) is 5.68. The molecular formula is C15H17F3N2O. The molecule has 0 amide bonds. The predicted molar refractivity (Wildman–Crippen MR) is 74.2 cm³/mol. The average molecular weight is 298 g/mol. The summed E-state index contributed by atoms with van der Waals surface area (Å²) >= 11 is 0. The smallest absolute Gasteiger partial charge is 0.391 e. The fourth-order valence-electron chi connectivity index (χ4n) is 2.93. The molecule has 3 rings (SSSR count). The Morgan fingerprint density at radius 1 is 1.19 bits per heavy atom. The number of nitrogens with one attached hydrogen (secondary N) is 1.